The molecule has 0 fully saturated rings. The molecule has 0 saturated heterocycles. The van der Waals surface area contributed by atoms with Crippen LogP contribution >= 0.6 is 0 Å². The summed E-state index contributed by atoms with van der Waals surface area (Å²) in [5.74, 6) is 0. The Labute approximate surface area is 45.8 Å². The number of hydrogen-bond acceptors (Lipinski definition) is 3. The molecule has 0 unspecified atom stereocenters. The molecule has 0 aliphatic rings. The third-order valence-corrected chi connectivity index (χ3v) is 0.537. The molecule has 42 valence electrons. The highest BCUT2D eigenvalue weighted by atomic mass is 32.2. The second-order valence-electron chi connectivity index (χ2n) is 1.01. The molecule has 0 aromatic carbocycles. The molecule has 0 heterocycles. The summed E-state index contributed by atoms with van der Waals surface area (Å²) < 4.78 is 13.8. The lowest BCUT2D eigenvalue weighted by atomic mass is 10.6. The predicted octanol–water partition coefficient (Wildman–Crippen LogP) is -0.664. The SMILES string of the molecule is C=C(N)CO[SH]=O. The van der Waals surface area contributed by atoms with Gasteiger partial charge in [0.25, 0.3) is 0 Å². The molecular formula is C3H7NO2S. The van der Waals surface area contributed by atoms with Gasteiger partial charge in [0.15, 0.2) is 0 Å². The van der Waals surface area contributed by atoms with E-state index in [-0.39, 0.29) is 18.6 Å². The lowest BCUT2D eigenvalue weighted by Crippen LogP contribution is -2.01. The van der Waals surface area contributed by atoms with Crippen LogP contribution in [-0.2, 0) is 16.1 Å². The first kappa shape index (κ1) is 6.65. The van der Waals surface area contributed by atoms with Crippen LogP contribution in [-0.4, -0.2) is 10.8 Å². The van der Waals surface area contributed by atoms with Crippen LogP contribution in [0.2, 0.25) is 0 Å². The zero-order valence-corrected chi connectivity index (χ0v) is 4.65. The van der Waals surface area contributed by atoms with Crippen LogP contribution in [0.15, 0.2) is 12.3 Å². The normalized spacial score (nSPS) is 8.57. The van der Waals surface area contributed by atoms with Gasteiger partial charge in [0, 0.05) is 5.70 Å². The Morgan fingerprint density at radius 2 is 2.57 bits per heavy atom. The van der Waals surface area contributed by atoms with Crippen LogP contribution in [0.1, 0.15) is 0 Å². The molecule has 7 heavy (non-hydrogen) atoms. The van der Waals surface area contributed by atoms with Crippen molar-refractivity contribution in [2.45, 2.75) is 0 Å². The molecule has 0 spiro atoms. The standard InChI is InChI=1S/C3H7NO2S/c1-3(4)2-6-7-5/h7H,1-2,4H2. The van der Waals surface area contributed by atoms with Crippen molar-refractivity contribution in [3.05, 3.63) is 12.3 Å². The minimum atomic E-state index is -0.351. The summed E-state index contributed by atoms with van der Waals surface area (Å²) in [6.07, 6.45) is 0. The van der Waals surface area contributed by atoms with Gasteiger partial charge in [-0.05, 0) is 0 Å². The van der Waals surface area contributed by atoms with E-state index in [1.165, 1.54) is 0 Å². The minimum absolute atomic E-state index is 0.158. The third-order valence-electron chi connectivity index (χ3n) is 0.303. The van der Waals surface area contributed by atoms with E-state index in [1.807, 2.05) is 0 Å². The molecule has 0 aromatic heterocycles. The van der Waals surface area contributed by atoms with Gasteiger partial charge in [0.2, 0.25) is 0 Å². The second kappa shape index (κ2) is 3.83. The molecule has 0 atom stereocenters. The fourth-order valence-corrected chi connectivity index (χ4v) is 0.328. The maximum Gasteiger partial charge on any atom is 0.142 e. The molecule has 0 aliphatic carbocycles. The summed E-state index contributed by atoms with van der Waals surface area (Å²) in [6.45, 7) is 3.46. The molecule has 0 bridgehead atoms. The smallest absolute Gasteiger partial charge is 0.142 e. The van der Waals surface area contributed by atoms with Gasteiger partial charge in [0.05, 0.1) is 0 Å². The highest BCUT2D eigenvalue weighted by Gasteiger charge is 1.80. The second-order valence-corrected chi connectivity index (χ2v) is 1.41. The molecule has 0 amide bonds. The maximum atomic E-state index is 9.49. The van der Waals surface area contributed by atoms with Crippen molar-refractivity contribution in [2.75, 3.05) is 6.61 Å². The number of rotatable bonds is 3. The van der Waals surface area contributed by atoms with Crippen molar-refractivity contribution >= 4 is 11.9 Å². The molecule has 0 radical (unpaired) electrons. The van der Waals surface area contributed by atoms with Crippen molar-refractivity contribution in [1.82, 2.24) is 0 Å². The Hall–Kier alpha value is -0.350. The van der Waals surface area contributed by atoms with E-state index in [0.717, 1.165) is 0 Å². The van der Waals surface area contributed by atoms with Gasteiger partial charge >= 0.3 is 0 Å². The van der Waals surface area contributed by atoms with Crippen molar-refractivity contribution in [2.24, 2.45) is 5.73 Å². The third kappa shape index (κ3) is 5.65. The molecule has 2 N–H and O–H groups in total. The van der Waals surface area contributed by atoms with E-state index in [2.05, 4.69) is 10.8 Å². The fraction of sp³-hybridized carbons (Fsp3) is 0.333. The Balaban J connectivity index is 2.97. The quantitative estimate of drug-likeness (QED) is 0.487. The van der Waals surface area contributed by atoms with Gasteiger partial charge in [-0.25, -0.2) is 4.21 Å². The molecule has 0 rings (SSSR count). The van der Waals surface area contributed by atoms with Crippen LogP contribution in [0.3, 0.4) is 0 Å². The lowest BCUT2D eigenvalue weighted by Gasteiger charge is -1.89. The predicted molar refractivity (Wildman–Crippen MR) is 28.8 cm³/mol. The van der Waals surface area contributed by atoms with Crippen molar-refractivity contribution in [3.8, 4) is 0 Å². The van der Waals surface area contributed by atoms with Gasteiger partial charge in [-0.15, -0.1) is 0 Å². The van der Waals surface area contributed by atoms with Gasteiger partial charge in [-0.2, -0.15) is 0 Å². The molecule has 0 aromatic rings. The summed E-state index contributed by atoms with van der Waals surface area (Å²) in [4.78, 5) is 0. The van der Waals surface area contributed by atoms with Gasteiger partial charge in [-0.1, -0.05) is 6.58 Å². The first-order valence-corrected chi connectivity index (χ1v) is 2.38. The van der Waals surface area contributed by atoms with Crippen molar-refractivity contribution < 1.29 is 8.39 Å². The van der Waals surface area contributed by atoms with Crippen LogP contribution in [0.25, 0.3) is 0 Å². The van der Waals surface area contributed by atoms with E-state index in [9.17, 15) is 4.21 Å². The monoisotopic (exact) mass is 121 g/mol. The first-order chi connectivity index (χ1) is 3.27. The van der Waals surface area contributed by atoms with Crippen LogP contribution in [0.4, 0.5) is 0 Å². The Morgan fingerprint density at radius 1 is 2.00 bits per heavy atom. The van der Waals surface area contributed by atoms with E-state index < -0.39 is 0 Å². The average Bonchev–Trinajstić information content (AvgIpc) is 1.61. The van der Waals surface area contributed by atoms with Gasteiger partial charge < -0.3 is 5.73 Å². The lowest BCUT2D eigenvalue weighted by molar-refractivity contribution is 0.395. The minimum Gasteiger partial charge on any atom is -0.401 e. The summed E-state index contributed by atoms with van der Waals surface area (Å²) in [6, 6.07) is 0. The maximum absolute atomic E-state index is 9.49. The van der Waals surface area contributed by atoms with E-state index >= 15 is 0 Å². The Bertz CT molecular complexity index is 83.0. The zero-order valence-electron chi connectivity index (χ0n) is 3.76. The average molecular weight is 121 g/mol. The molecule has 0 saturated carbocycles. The summed E-state index contributed by atoms with van der Waals surface area (Å²) >= 11 is -0.351. The van der Waals surface area contributed by atoms with Gasteiger partial charge in [-0.3, -0.25) is 4.18 Å². The highest BCUT2D eigenvalue weighted by molar-refractivity contribution is 7.60. The highest BCUT2D eigenvalue weighted by Crippen LogP contribution is 1.75. The summed E-state index contributed by atoms with van der Waals surface area (Å²) in [5, 5.41) is 0. The van der Waals surface area contributed by atoms with E-state index in [4.69, 9.17) is 5.73 Å². The fourth-order valence-electron chi connectivity index (χ4n) is 0.109. The van der Waals surface area contributed by atoms with E-state index in [1.54, 1.807) is 0 Å². The van der Waals surface area contributed by atoms with Crippen LogP contribution in [0.5, 0.6) is 0 Å². The molecule has 3 nitrogen and oxygen atoms in total. The number of nitrogens with two attached hydrogens (primary N) is 1. The summed E-state index contributed by atoms with van der Waals surface area (Å²) in [7, 11) is 0. The molecule has 0 aliphatic heterocycles. The molecular weight excluding hydrogens is 114 g/mol. The summed E-state index contributed by atoms with van der Waals surface area (Å²) in [5.41, 5.74) is 5.39. The Morgan fingerprint density at radius 3 is 2.71 bits per heavy atom. The molecule has 4 heteroatoms. The Kier molecular flexibility index (Phi) is 3.64. The van der Waals surface area contributed by atoms with Crippen LogP contribution < -0.4 is 5.73 Å². The van der Waals surface area contributed by atoms with Crippen LogP contribution in [0, 0.1) is 0 Å². The first-order valence-electron chi connectivity index (χ1n) is 1.65. The number of thiol groups is 1. The topological polar surface area (TPSA) is 52.3 Å². The van der Waals surface area contributed by atoms with Crippen molar-refractivity contribution in [1.29, 1.82) is 0 Å². The largest absolute Gasteiger partial charge is 0.401 e. The number of hydrogen-bond donors (Lipinski definition) is 2. The zero-order chi connectivity index (χ0) is 5.70. The van der Waals surface area contributed by atoms with Gasteiger partial charge in [0.1, 0.15) is 18.6 Å². The van der Waals surface area contributed by atoms with Crippen molar-refractivity contribution in [3.63, 3.8) is 0 Å². The van der Waals surface area contributed by atoms with E-state index in [0.29, 0.717) is 5.70 Å².